The van der Waals surface area contributed by atoms with Crippen molar-refractivity contribution in [1.82, 2.24) is 4.90 Å². The molecule has 0 bridgehead atoms. The number of nitro benzene ring substituents is 1. The number of amides is 1. The number of rotatable bonds is 4. The van der Waals surface area contributed by atoms with Crippen LogP contribution in [0.2, 0.25) is 0 Å². The summed E-state index contributed by atoms with van der Waals surface area (Å²) in [5.74, 6) is -1.74. The molecule has 1 N–H and O–H groups in total. The van der Waals surface area contributed by atoms with Crippen LogP contribution in [0, 0.1) is 10.1 Å². The second kappa shape index (κ2) is 6.52. The van der Waals surface area contributed by atoms with Crippen molar-refractivity contribution in [3.8, 4) is 0 Å². The van der Waals surface area contributed by atoms with Gasteiger partial charge in [0.1, 0.15) is 0 Å². The van der Waals surface area contributed by atoms with Crippen LogP contribution in [-0.4, -0.2) is 52.6 Å². The van der Waals surface area contributed by atoms with Gasteiger partial charge in [0, 0.05) is 30.8 Å². The van der Waals surface area contributed by atoms with Crippen LogP contribution in [0.1, 0.15) is 34.1 Å². The molecule has 1 amide bonds. The molecule has 0 radical (unpaired) electrons. The molecule has 8 nitrogen and oxygen atoms in total. The maximum Gasteiger partial charge on any atom is 0.335 e. The Bertz CT molecular complexity index is 583. The normalized spacial score (nSPS) is 18.0. The fourth-order valence-electron chi connectivity index (χ4n) is 2.30. The number of ether oxygens (including phenoxy) is 1. The first kappa shape index (κ1) is 15.9. The van der Waals surface area contributed by atoms with Crippen molar-refractivity contribution in [3.63, 3.8) is 0 Å². The van der Waals surface area contributed by atoms with Crippen LogP contribution in [0.4, 0.5) is 5.69 Å². The highest BCUT2D eigenvalue weighted by Crippen LogP contribution is 2.20. The third-order valence-electron chi connectivity index (χ3n) is 3.50. The lowest BCUT2D eigenvalue weighted by Crippen LogP contribution is -2.45. The van der Waals surface area contributed by atoms with Gasteiger partial charge in [-0.05, 0) is 12.5 Å². The quantitative estimate of drug-likeness (QED) is 0.667. The molecule has 2 rings (SSSR count). The molecule has 1 atom stereocenters. The highest BCUT2D eigenvalue weighted by molar-refractivity contribution is 5.98. The second-order valence-electron chi connectivity index (χ2n) is 4.98. The Hall–Kier alpha value is -2.48. The number of hydrogen-bond donors (Lipinski definition) is 1. The van der Waals surface area contributed by atoms with E-state index in [1.165, 1.54) is 4.90 Å². The number of nitro groups is 1. The highest BCUT2D eigenvalue weighted by Gasteiger charge is 2.26. The number of carboxylic acid groups (broad SMARTS) is 1. The van der Waals surface area contributed by atoms with Crippen molar-refractivity contribution in [2.75, 3.05) is 19.7 Å². The van der Waals surface area contributed by atoms with E-state index in [0.29, 0.717) is 19.7 Å². The predicted molar refractivity (Wildman–Crippen MR) is 76.0 cm³/mol. The van der Waals surface area contributed by atoms with Crippen LogP contribution in [0.25, 0.3) is 0 Å². The Labute approximate surface area is 126 Å². The molecule has 1 heterocycles. The maximum absolute atomic E-state index is 12.5. The molecular formula is C14H16N2O6. The van der Waals surface area contributed by atoms with Gasteiger partial charge in [0.15, 0.2) is 0 Å². The standard InChI is InChI=1S/C14H16N2O6/c1-2-12-8-15(3-4-22-12)13(17)9-5-10(14(18)19)7-11(6-9)16(20)21/h5-7,12H,2-4,8H2,1H3,(H,18,19). The molecule has 0 saturated carbocycles. The van der Waals surface area contributed by atoms with Crippen LogP contribution in [0.15, 0.2) is 18.2 Å². The van der Waals surface area contributed by atoms with E-state index in [2.05, 4.69) is 0 Å². The number of aromatic carboxylic acids is 1. The van der Waals surface area contributed by atoms with Crippen molar-refractivity contribution in [1.29, 1.82) is 0 Å². The number of carbonyl (C=O) groups excluding carboxylic acids is 1. The number of non-ortho nitro benzene ring substituents is 1. The lowest BCUT2D eigenvalue weighted by molar-refractivity contribution is -0.384. The predicted octanol–water partition coefficient (Wildman–Crippen LogP) is 1.54. The molecule has 8 heteroatoms. The molecular weight excluding hydrogens is 292 g/mol. The van der Waals surface area contributed by atoms with Crippen LogP contribution >= 0.6 is 0 Å². The molecule has 1 aromatic rings. The van der Waals surface area contributed by atoms with E-state index in [0.717, 1.165) is 24.6 Å². The van der Waals surface area contributed by atoms with Crippen molar-refractivity contribution in [2.45, 2.75) is 19.4 Å². The first-order valence-electron chi connectivity index (χ1n) is 6.86. The average molecular weight is 308 g/mol. The summed E-state index contributed by atoms with van der Waals surface area (Å²) in [6.45, 7) is 3.10. The van der Waals surface area contributed by atoms with Crippen LogP contribution in [-0.2, 0) is 4.74 Å². The molecule has 1 aliphatic heterocycles. The van der Waals surface area contributed by atoms with Gasteiger partial charge in [-0.15, -0.1) is 0 Å². The second-order valence-corrected chi connectivity index (χ2v) is 4.98. The summed E-state index contributed by atoms with van der Waals surface area (Å²) >= 11 is 0. The number of carboxylic acids is 1. The highest BCUT2D eigenvalue weighted by atomic mass is 16.6. The summed E-state index contributed by atoms with van der Waals surface area (Å²) in [5.41, 5.74) is -0.690. The fourth-order valence-corrected chi connectivity index (χ4v) is 2.30. The third-order valence-corrected chi connectivity index (χ3v) is 3.50. The first-order valence-corrected chi connectivity index (χ1v) is 6.86. The average Bonchev–Trinajstić information content (AvgIpc) is 2.53. The van der Waals surface area contributed by atoms with Gasteiger partial charge in [-0.25, -0.2) is 4.79 Å². The van der Waals surface area contributed by atoms with E-state index < -0.39 is 22.5 Å². The Morgan fingerprint density at radius 2 is 2.09 bits per heavy atom. The van der Waals surface area contributed by atoms with Gasteiger partial charge in [0.05, 0.1) is 23.2 Å². The molecule has 22 heavy (non-hydrogen) atoms. The molecule has 1 aromatic carbocycles. The zero-order valence-corrected chi connectivity index (χ0v) is 12.0. The molecule has 118 valence electrons. The van der Waals surface area contributed by atoms with E-state index in [-0.39, 0.29) is 17.2 Å². The summed E-state index contributed by atoms with van der Waals surface area (Å²) < 4.78 is 5.47. The summed E-state index contributed by atoms with van der Waals surface area (Å²) in [6, 6.07) is 3.20. The number of benzene rings is 1. The van der Waals surface area contributed by atoms with Gasteiger partial charge in [-0.3, -0.25) is 14.9 Å². The summed E-state index contributed by atoms with van der Waals surface area (Å²) in [5, 5.41) is 19.9. The van der Waals surface area contributed by atoms with Crippen LogP contribution in [0.3, 0.4) is 0 Å². The number of nitrogens with zero attached hydrogens (tertiary/aromatic N) is 2. The number of hydrogen-bond acceptors (Lipinski definition) is 5. The zero-order chi connectivity index (χ0) is 16.3. The minimum absolute atomic E-state index is 0.00310. The van der Waals surface area contributed by atoms with Crippen molar-refractivity contribution in [2.24, 2.45) is 0 Å². The minimum Gasteiger partial charge on any atom is -0.478 e. The van der Waals surface area contributed by atoms with E-state index in [9.17, 15) is 19.7 Å². The van der Waals surface area contributed by atoms with Crippen LogP contribution in [0.5, 0.6) is 0 Å². The number of morpholine rings is 1. The molecule has 0 aliphatic carbocycles. The van der Waals surface area contributed by atoms with Gasteiger partial charge >= 0.3 is 5.97 Å². The SMILES string of the molecule is CCC1CN(C(=O)c2cc(C(=O)O)cc([N+](=O)[O-])c2)CCO1. The van der Waals surface area contributed by atoms with E-state index in [1.807, 2.05) is 6.92 Å². The first-order chi connectivity index (χ1) is 10.4. The van der Waals surface area contributed by atoms with Gasteiger partial charge < -0.3 is 14.7 Å². The molecule has 1 saturated heterocycles. The lowest BCUT2D eigenvalue weighted by Gasteiger charge is -2.32. The van der Waals surface area contributed by atoms with Crippen LogP contribution < -0.4 is 0 Å². The van der Waals surface area contributed by atoms with Gasteiger partial charge in [-0.2, -0.15) is 0 Å². The number of carbonyl (C=O) groups is 2. The maximum atomic E-state index is 12.5. The Balaban J connectivity index is 2.32. The molecule has 1 aliphatic rings. The molecule has 0 spiro atoms. The van der Waals surface area contributed by atoms with E-state index >= 15 is 0 Å². The smallest absolute Gasteiger partial charge is 0.335 e. The Kier molecular flexibility index (Phi) is 4.71. The minimum atomic E-state index is -1.31. The van der Waals surface area contributed by atoms with Crippen molar-refractivity contribution in [3.05, 3.63) is 39.4 Å². The Morgan fingerprint density at radius 1 is 1.41 bits per heavy atom. The topological polar surface area (TPSA) is 110 Å². The fraction of sp³-hybridized carbons (Fsp3) is 0.429. The van der Waals surface area contributed by atoms with Gasteiger partial charge in [0.25, 0.3) is 11.6 Å². The molecule has 1 fully saturated rings. The molecule has 1 unspecified atom stereocenters. The van der Waals surface area contributed by atoms with Gasteiger partial charge in [-0.1, -0.05) is 6.92 Å². The van der Waals surface area contributed by atoms with E-state index in [4.69, 9.17) is 9.84 Å². The third kappa shape index (κ3) is 3.40. The van der Waals surface area contributed by atoms with Gasteiger partial charge in [0.2, 0.25) is 0 Å². The monoisotopic (exact) mass is 308 g/mol. The summed E-state index contributed by atoms with van der Waals surface area (Å²) in [6.07, 6.45) is 0.675. The lowest BCUT2D eigenvalue weighted by atomic mass is 10.1. The zero-order valence-electron chi connectivity index (χ0n) is 12.0. The van der Waals surface area contributed by atoms with E-state index in [1.54, 1.807) is 0 Å². The van der Waals surface area contributed by atoms with Crippen molar-refractivity contribution < 1.29 is 24.4 Å². The Morgan fingerprint density at radius 3 is 2.68 bits per heavy atom. The summed E-state index contributed by atoms with van der Waals surface area (Å²) in [7, 11) is 0. The summed E-state index contributed by atoms with van der Waals surface area (Å²) in [4.78, 5) is 35.2. The largest absolute Gasteiger partial charge is 0.478 e. The molecule has 0 aromatic heterocycles. The van der Waals surface area contributed by atoms with Crippen molar-refractivity contribution >= 4 is 17.6 Å².